The van der Waals surface area contributed by atoms with E-state index in [-0.39, 0.29) is 0 Å². The second-order valence-corrected chi connectivity index (χ2v) is 4.45. The number of aliphatic hydroxyl groups is 1. The number of hydrogen-bond donors (Lipinski definition) is 2. The van der Waals surface area contributed by atoms with Crippen molar-refractivity contribution in [1.82, 2.24) is 0 Å². The summed E-state index contributed by atoms with van der Waals surface area (Å²) in [5.74, 6) is -0.935. The van der Waals surface area contributed by atoms with Crippen molar-refractivity contribution >= 4 is 11.6 Å². The van der Waals surface area contributed by atoms with Gasteiger partial charge in [0.1, 0.15) is 5.82 Å². The van der Waals surface area contributed by atoms with E-state index in [0.29, 0.717) is 11.3 Å². The number of benzene rings is 2. The molecule has 0 bridgehead atoms. The molecule has 4 heteroatoms. The Morgan fingerprint density at radius 3 is 2.50 bits per heavy atom. The van der Waals surface area contributed by atoms with Crippen LogP contribution in [0.1, 0.15) is 24.2 Å². The first-order valence-corrected chi connectivity index (χ1v) is 6.44. The molecule has 0 radical (unpaired) electrons. The molecule has 3 nitrogen and oxygen atoms in total. The molecule has 2 rings (SSSR count). The molecule has 2 aromatic carbocycles. The third-order valence-electron chi connectivity index (χ3n) is 3.09. The zero-order valence-corrected chi connectivity index (χ0v) is 11.1. The number of aliphatic hydroxyl groups excluding tert-OH is 1. The number of rotatable bonds is 4. The van der Waals surface area contributed by atoms with Crippen LogP contribution in [0.25, 0.3) is 0 Å². The second kappa shape index (κ2) is 6.30. The summed E-state index contributed by atoms with van der Waals surface area (Å²) in [5.41, 5.74) is 2.03. The number of carbonyl (C=O) groups is 1. The molecule has 0 fully saturated rings. The van der Waals surface area contributed by atoms with Crippen molar-refractivity contribution in [1.29, 1.82) is 0 Å². The smallest absolute Gasteiger partial charge is 0.257 e. The van der Waals surface area contributed by atoms with Gasteiger partial charge in [-0.1, -0.05) is 37.3 Å². The van der Waals surface area contributed by atoms with Crippen LogP contribution in [0.4, 0.5) is 10.1 Å². The van der Waals surface area contributed by atoms with Crippen LogP contribution in [0.15, 0.2) is 48.5 Å². The van der Waals surface area contributed by atoms with Crippen molar-refractivity contribution in [3.8, 4) is 0 Å². The topological polar surface area (TPSA) is 49.3 Å². The number of amides is 1. The number of para-hydroxylation sites is 1. The number of nitrogens with one attached hydrogen (secondary N) is 1. The normalized spacial score (nSPS) is 11.9. The average molecular weight is 273 g/mol. The van der Waals surface area contributed by atoms with Gasteiger partial charge in [0.25, 0.3) is 5.91 Å². The Hall–Kier alpha value is -2.20. The largest absolute Gasteiger partial charge is 0.378 e. The SMILES string of the molecule is CCc1ccccc1NC(=O)C(O)c1ccc(F)cc1. The fourth-order valence-corrected chi connectivity index (χ4v) is 1.95. The van der Waals surface area contributed by atoms with Gasteiger partial charge >= 0.3 is 0 Å². The third kappa shape index (κ3) is 3.22. The summed E-state index contributed by atoms with van der Waals surface area (Å²) in [6, 6.07) is 12.6. The minimum Gasteiger partial charge on any atom is -0.378 e. The monoisotopic (exact) mass is 273 g/mol. The summed E-state index contributed by atoms with van der Waals surface area (Å²) in [6.07, 6.45) is -0.538. The summed E-state index contributed by atoms with van der Waals surface area (Å²) >= 11 is 0. The minimum atomic E-state index is -1.32. The highest BCUT2D eigenvalue weighted by Gasteiger charge is 2.18. The molecular weight excluding hydrogens is 257 g/mol. The lowest BCUT2D eigenvalue weighted by Gasteiger charge is -2.14. The molecule has 1 atom stereocenters. The molecule has 0 aliphatic carbocycles. The van der Waals surface area contributed by atoms with Crippen molar-refractivity contribution in [2.75, 3.05) is 5.32 Å². The van der Waals surface area contributed by atoms with Crippen LogP contribution in [-0.2, 0) is 11.2 Å². The molecule has 20 heavy (non-hydrogen) atoms. The zero-order chi connectivity index (χ0) is 14.5. The van der Waals surface area contributed by atoms with Crippen LogP contribution < -0.4 is 5.32 Å². The van der Waals surface area contributed by atoms with E-state index < -0.39 is 17.8 Å². The van der Waals surface area contributed by atoms with Gasteiger partial charge < -0.3 is 10.4 Å². The number of aryl methyl sites for hydroxylation is 1. The molecule has 1 amide bonds. The molecular formula is C16H16FNO2. The lowest BCUT2D eigenvalue weighted by Crippen LogP contribution is -2.21. The Balaban J connectivity index is 2.13. The van der Waals surface area contributed by atoms with E-state index in [4.69, 9.17) is 0 Å². The van der Waals surface area contributed by atoms with Gasteiger partial charge in [-0.3, -0.25) is 4.79 Å². The van der Waals surface area contributed by atoms with E-state index in [1.54, 1.807) is 6.07 Å². The maximum absolute atomic E-state index is 12.8. The maximum atomic E-state index is 12.8. The zero-order valence-electron chi connectivity index (χ0n) is 11.1. The number of halogens is 1. The van der Waals surface area contributed by atoms with E-state index in [0.717, 1.165) is 12.0 Å². The molecule has 0 aliphatic rings. The van der Waals surface area contributed by atoms with Crippen molar-refractivity contribution in [2.24, 2.45) is 0 Å². The van der Waals surface area contributed by atoms with Crippen LogP contribution in [-0.4, -0.2) is 11.0 Å². The first-order valence-electron chi connectivity index (χ1n) is 6.44. The van der Waals surface area contributed by atoms with Gasteiger partial charge in [0.05, 0.1) is 0 Å². The molecule has 0 aromatic heterocycles. The first kappa shape index (κ1) is 14.2. The minimum absolute atomic E-state index is 0.359. The van der Waals surface area contributed by atoms with Gasteiger partial charge in [-0.15, -0.1) is 0 Å². The molecule has 2 aromatic rings. The molecule has 0 aliphatic heterocycles. The maximum Gasteiger partial charge on any atom is 0.257 e. The molecule has 1 unspecified atom stereocenters. The highest BCUT2D eigenvalue weighted by molar-refractivity contribution is 5.95. The fourth-order valence-electron chi connectivity index (χ4n) is 1.95. The van der Waals surface area contributed by atoms with E-state index >= 15 is 0 Å². The highest BCUT2D eigenvalue weighted by atomic mass is 19.1. The number of carbonyl (C=O) groups excluding carboxylic acids is 1. The van der Waals surface area contributed by atoms with E-state index in [2.05, 4.69) is 5.32 Å². The van der Waals surface area contributed by atoms with Gasteiger partial charge in [-0.2, -0.15) is 0 Å². The highest BCUT2D eigenvalue weighted by Crippen LogP contribution is 2.19. The molecule has 0 saturated carbocycles. The Bertz CT molecular complexity index is 596. The van der Waals surface area contributed by atoms with Crippen molar-refractivity contribution in [2.45, 2.75) is 19.4 Å². The van der Waals surface area contributed by atoms with Gasteiger partial charge in [0, 0.05) is 5.69 Å². The molecule has 104 valence electrons. The predicted octanol–water partition coefficient (Wildman–Crippen LogP) is 3.06. The van der Waals surface area contributed by atoms with Crippen LogP contribution in [0.2, 0.25) is 0 Å². The standard InChI is InChI=1S/C16H16FNO2/c1-2-11-5-3-4-6-14(11)18-16(20)15(19)12-7-9-13(17)10-8-12/h3-10,15,19H,2H2,1H3,(H,18,20). The molecule has 2 N–H and O–H groups in total. The molecule has 0 spiro atoms. The second-order valence-electron chi connectivity index (χ2n) is 4.45. The summed E-state index contributed by atoms with van der Waals surface area (Å²) in [4.78, 5) is 12.0. The van der Waals surface area contributed by atoms with Gasteiger partial charge in [-0.05, 0) is 35.7 Å². The Morgan fingerprint density at radius 1 is 1.20 bits per heavy atom. The summed E-state index contributed by atoms with van der Waals surface area (Å²) in [6.45, 7) is 1.99. The fraction of sp³-hybridized carbons (Fsp3) is 0.188. The lowest BCUT2D eigenvalue weighted by molar-refractivity contribution is -0.124. The summed E-state index contributed by atoms with van der Waals surface area (Å²) in [7, 11) is 0. The summed E-state index contributed by atoms with van der Waals surface area (Å²) in [5, 5.41) is 12.7. The lowest BCUT2D eigenvalue weighted by atomic mass is 10.1. The van der Waals surface area contributed by atoms with Gasteiger partial charge in [-0.25, -0.2) is 4.39 Å². The van der Waals surface area contributed by atoms with Crippen LogP contribution >= 0.6 is 0 Å². The number of hydrogen-bond acceptors (Lipinski definition) is 2. The van der Waals surface area contributed by atoms with Crippen molar-refractivity contribution < 1.29 is 14.3 Å². The van der Waals surface area contributed by atoms with E-state index in [1.807, 2.05) is 25.1 Å². The molecule has 0 heterocycles. The Labute approximate surface area is 117 Å². The number of anilines is 1. The first-order chi connectivity index (χ1) is 9.61. The third-order valence-corrected chi connectivity index (χ3v) is 3.09. The molecule has 0 saturated heterocycles. The van der Waals surface area contributed by atoms with Crippen molar-refractivity contribution in [3.05, 3.63) is 65.5 Å². The quantitative estimate of drug-likeness (QED) is 0.899. The van der Waals surface area contributed by atoms with Gasteiger partial charge in [0.2, 0.25) is 0 Å². The Morgan fingerprint density at radius 2 is 1.85 bits per heavy atom. The average Bonchev–Trinajstić information content (AvgIpc) is 2.48. The van der Waals surface area contributed by atoms with E-state index in [9.17, 15) is 14.3 Å². The summed E-state index contributed by atoms with van der Waals surface area (Å²) < 4.78 is 12.8. The van der Waals surface area contributed by atoms with Crippen molar-refractivity contribution in [3.63, 3.8) is 0 Å². The Kier molecular flexibility index (Phi) is 4.48. The van der Waals surface area contributed by atoms with Gasteiger partial charge in [0.15, 0.2) is 6.10 Å². The van der Waals surface area contributed by atoms with Crippen LogP contribution in [0.5, 0.6) is 0 Å². The predicted molar refractivity (Wildman–Crippen MR) is 75.8 cm³/mol. The van der Waals surface area contributed by atoms with E-state index in [1.165, 1.54) is 24.3 Å². The van der Waals surface area contributed by atoms with Crippen LogP contribution in [0, 0.1) is 5.82 Å². The van der Waals surface area contributed by atoms with Crippen LogP contribution in [0.3, 0.4) is 0 Å².